The number of rotatable bonds is 13. The molecule has 0 aliphatic rings. The smallest absolute Gasteiger partial charge is 0.328 e. The van der Waals surface area contributed by atoms with Gasteiger partial charge >= 0.3 is 5.97 Å². The monoisotopic (exact) mass is 584 g/mol. The molecule has 0 aliphatic carbocycles. The molecule has 218 valence electrons. The van der Waals surface area contributed by atoms with Crippen molar-refractivity contribution >= 4 is 29.2 Å². The Morgan fingerprint density at radius 3 is 2.33 bits per heavy atom. The van der Waals surface area contributed by atoms with E-state index in [1.807, 2.05) is 78.9 Å². The van der Waals surface area contributed by atoms with Crippen molar-refractivity contribution in [2.75, 3.05) is 19.0 Å². The zero-order chi connectivity index (χ0) is 29.9. The van der Waals surface area contributed by atoms with Crippen LogP contribution in [0, 0.1) is 5.92 Å². The van der Waals surface area contributed by atoms with Crippen molar-refractivity contribution in [1.82, 2.24) is 5.32 Å². The van der Waals surface area contributed by atoms with Crippen molar-refractivity contribution in [3.8, 4) is 22.6 Å². The average molecular weight is 585 g/mol. The van der Waals surface area contributed by atoms with Gasteiger partial charge in [0.1, 0.15) is 17.5 Å². The molecule has 0 bridgehead atoms. The van der Waals surface area contributed by atoms with Crippen LogP contribution in [0.25, 0.3) is 11.1 Å². The van der Waals surface area contributed by atoms with E-state index in [9.17, 15) is 9.59 Å². The maximum atomic E-state index is 13.4. The van der Waals surface area contributed by atoms with E-state index in [1.165, 1.54) is 7.11 Å². The molecule has 4 rings (SSSR count). The van der Waals surface area contributed by atoms with Crippen LogP contribution in [0.15, 0.2) is 97.1 Å². The summed E-state index contributed by atoms with van der Waals surface area (Å²) in [6.07, 6.45) is 2.43. The number of nitrogens with one attached hydrogen (secondary N) is 2. The van der Waals surface area contributed by atoms with Gasteiger partial charge in [-0.15, -0.1) is 0 Å². The number of benzene rings is 4. The molecule has 0 saturated heterocycles. The zero-order valence-corrected chi connectivity index (χ0v) is 25.0. The van der Waals surface area contributed by atoms with Gasteiger partial charge in [-0.2, -0.15) is 0 Å². The Morgan fingerprint density at radius 1 is 0.905 bits per heavy atom. The Bertz CT molecular complexity index is 1470. The molecule has 4 aromatic rings. The summed E-state index contributed by atoms with van der Waals surface area (Å²) < 4.78 is 11.2. The normalized spacial score (nSPS) is 12.2. The molecule has 0 radical (unpaired) electrons. The zero-order valence-electron chi connectivity index (χ0n) is 24.2. The molecule has 1 amide bonds. The molecule has 2 N–H and O–H groups in total. The molecule has 7 heteroatoms. The van der Waals surface area contributed by atoms with E-state index in [4.69, 9.17) is 21.1 Å². The van der Waals surface area contributed by atoms with Crippen molar-refractivity contribution in [3.63, 3.8) is 0 Å². The van der Waals surface area contributed by atoms with Crippen LogP contribution in [0.1, 0.15) is 42.6 Å². The van der Waals surface area contributed by atoms with Crippen LogP contribution in [-0.4, -0.2) is 31.6 Å². The quantitative estimate of drug-likeness (QED) is 0.155. The number of halogens is 1. The molecule has 0 saturated carbocycles. The molecule has 4 aromatic carbocycles. The number of anilines is 1. The lowest BCUT2D eigenvalue weighted by Crippen LogP contribution is -2.43. The van der Waals surface area contributed by atoms with E-state index in [0.717, 1.165) is 47.6 Å². The van der Waals surface area contributed by atoms with Crippen LogP contribution in [-0.2, 0) is 16.0 Å². The van der Waals surface area contributed by atoms with E-state index >= 15 is 0 Å². The summed E-state index contributed by atoms with van der Waals surface area (Å²) in [6.45, 7) is 5.04. The fraction of sp³-hybridized carbons (Fsp3) is 0.257. The number of hydrogen-bond donors (Lipinski definition) is 2. The Labute approximate surface area is 253 Å². The lowest BCUT2D eigenvalue weighted by molar-refractivity contribution is -0.142. The number of carbonyl (C=O) groups excluding carboxylic acids is 2. The minimum absolute atomic E-state index is 0.262. The summed E-state index contributed by atoms with van der Waals surface area (Å²) in [5.74, 6) is 1.02. The van der Waals surface area contributed by atoms with E-state index in [1.54, 1.807) is 18.2 Å². The second-order valence-corrected chi connectivity index (χ2v) is 10.8. The molecule has 6 nitrogen and oxygen atoms in total. The van der Waals surface area contributed by atoms with E-state index in [2.05, 4.69) is 24.5 Å². The van der Waals surface area contributed by atoms with Crippen LogP contribution in [0.4, 0.5) is 5.69 Å². The minimum Gasteiger partial charge on any atom is -0.467 e. The van der Waals surface area contributed by atoms with Crippen LogP contribution in [0.2, 0.25) is 5.02 Å². The fourth-order valence-corrected chi connectivity index (χ4v) is 4.95. The Morgan fingerprint density at radius 2 is 1.62 bits per heavy atom. The molecule has 42 heavy (non-hydrogen) atoms. The van der Waals surface area contributed by atoms with E-state index in [0.29, 0.717) is 22.2 Å². The number of carbonyl (C=O) groups is 2. The van der Waals surface area contributed by atoms with Gasteiger partial charge in [0, 0.05) is 29.2 Å². The van der Waals surface area contributed by atoms with Crippen LogP contribution < -0.4 is 15.4 Å². The Hall–Kier alpha value is -4.29. The lowest BCUT2D eigenvalue weighted by Gasteiger charge is -2.20. The summed E-state index contributed by atoms with van der Waals surface area (Å²) in [5.41, 5.74) is 3.83. The van der Waals surface area contributed by atoms with Crippen molar-refractivity contribution in [2.24, 2.45) is 5.92 Å². The minimum atomic E-state index is -0.882. The van der Waals surface area contributed by atoms with Crippen molar-refractivity contribution < 1.29 is 19.1 Å². The van der Waals surface area contributed by atoms with Crippen LogP contribution in [0.3, 0.4) is 0 Å². The molecule has 1 unspecified atom stereocenters. The van der Waals surface area contributed by atoms with E-state index in [-0.39, 0.29) is 6.42 Å². The van der Waals surface area contributed by atoms with E-state index < -0.39 is 17.9 Å². The van der Waals surface area contributed by atoms with Crippen LogP contribution >= 0.6 is 11.6 Å². The molecule has 0 spiro atoms. The average Bonchev–Trinajstić information content (AvgIpc) is 3.01. The van der Waals surface area contributed by atoms with Crippen molar-refractivity contribution in [1.29, 1.82) is 0 Å². The summed E-state index contributed by atoms with van der Waals surface area (Å²) in [6, 6.07) is 29.6. The Balaban J connectivity index is 1.49. The first-order chi connectivity index (χ1) is 20.4. The number of ether oxygens (including phenoxy) is 2. The molecule has 2 atom stereocenters. The van der Waals surface area contributed by atoms with Gasteiger partial charge in [-0.1, -0.05) is 92.5 Å². The van der Waals surface area contributed by atoms with Gasteiger partial charge in [0.2, 0.25) is 0 Å². The molecular formula is C35H37ClN2O4. The largest absolute Gasteiger partial charge is 0.467 e. The second-order valence-electron chi connectivity index (χ2n) is 10.3. The van der Waals surface area contributed by atoms with Crippen molar-refractivity contribution in [2.45, 2.75) is 39.2 Å². The third-order valence-corrected chi connectivity index (χ3v) is 7.24. The topological polar surface area (TPSA) is 76.7 Å². The van der Waals surface area contributed by atoms with Crippen molar-refractivity contribution in [3.05, 3.63) is 113 Å². The first kappa shape index (κ1) is 30.7. The number of esters is 1. The van der Waals surface area contributed by atoms with Gasteiger partial charge in [0.15, 0.2) is 0 Å². The first-order valence-electron chi connectivity index (χ1n) is 14.2. The maximum Gasteiger partial charge on any atom is 0.328 e. The number of amides is 1. The molecule has 0 aromatic heterocycles. The Kier molecular flexibility index (Phi) is 11.0. The van der Waals surface area contributed by atoms with Gasteiger partial charge in [-0.3, -0.25) is 4.79 Å². The summed E-state index contributed by atoms with van der Waals surface area (Å²) >= 11 is 6.24. The molecule has 0 fully saturated rings. The first-order valence-corrected chi connectivity index (χ1v) is 14.6. The molecule has 0 aliphatic heterocycles. The molecular weight excluding hydrogens is 548 g/mol. The summed E-state index contributed by atoms with van der Waals surface area (Å²) in [4.78, 5) is 26.1. The molecule has 0 heterocycles. The third-order valence-electron chi connectivity index (χ3n) is 7.00. The highest BCUT2D eigenvalue weighted by Crippen LogP contribution is 2.33. The van der Waals surface area contributed by atoms with Gasteiger partial charge < -0.3 is 20.1 Å². The third kappa shape index (κ3) is 8.37. The number of hydrogen-bond acceptors (Lipinski definition) is 5. The highest BCUT2D eigenvalue weighted by Gasteiger charge is 2.24. The predicted octanol–water partition coefficient (Wildman–Crippen LogP) is 8.16. The SMILES string of the molecule is CCCC(C)CNc1ccc(Cl)cc1C(=O)N[C@@H](Cc1ccc(-c2ccccc2Oc2ccccc2)cc1)C(=O)OC. The predicted molar refractivity (Wildman–Crippen MR) is 169 cm³/mol. The fourth-order valence-electron chi connectivity index (χ4n) is 4.77. The van der Waals surface area contributed by atoms with Gasteiger partial charge in [-0.05, 0) is 59.9 Å². The highest BCUT2D eigenvalue weighted by molar-refractivity contribution is 6.31. The van der Waals surface area contributed by atoms with Gasteiger partial charge in [0.25, 0.3) is 5.91 Å². The number of para-hydroxylation sites is 2. The second kappa shape index (κ2) is 15.1. The standard InChI is InChI=1S/C35H37ClN2O4/c1-4-10-24(2)23-37-31-20-19-27(36)22-30(31)34(39)38-32(35(40)41-3)21-25-15-17-26(18-16-25)29-13-8-9-14-33(29)42-28-11-6-5-7-12-28/h5-9,11-20,22,24,32,37H,4,10,21,23H2,1-3H3,(H,38,39)/t24?,32-/m0/s1. The highest BCUT2D eigenvalue weighted by atomic mass is 35.5. The number of methoxy groups -OCH3 is 1. The van der Waals surface area contributed by atoms with Crippen LogP contribution in [0.5, 0.6) is 11.5 Å². The summed E-state index contributed by atoms with van der Waals surface area (Å²) in [7, 11) is 1.32. The van der Waals surface area contributed by atoms with Gasteiger partial charge in [0.05, 0.1) is 12.7 Å². The maximum absolute atomic E-state index is 13.4. The lowest BCUT2D eigenvalue weighted by atomic mass is 9.99. The van der Waals surface area contributed by atoms with Gasteiger partial charge in [-0.25, -0.2) is 4.79 Å². The summed E-state index contributed by atoms with van der Waals surface area (Å²) in [5, 5.41) is 6.67.